The van der Waals surface area contributed by atoms with E-state index in [1.807, 2.05) is 0 Å². The highest BCUT2D eigenvalue weighted by Crippen LogP contribution is 2.23. The molecule has 92 valence electrons. The fraction of sp³-hybridized carbons (Fsp3) is 0. The standard InChI is InChI=1S/C10H8ClN5O2/c11-6-3-5(10(17)18)1-2-7(6)15-16-8(4-12)9(13)14/h1-3,15H,(H3,13,14)(H,17,18)/b16-8+. The Morgan fingerprint density at radius 1 is 1.61 bits per heavy atom. The predicted octanol–water partition coefficient (Wildman–Crippen LogP) is 1.27. The molecule has 0 atom stereocenters. The zero-order chi connectivity index (χ0) is 13.7. The van der Waals surface area contributed by atoms with Crippen molar-refractivity contribution in [3.63, 3.8) is 0 Å². The van der Waals surface area contributed by atoms with Gasteiger partial charge in [-0.25, -0.2) is 4.79 Å². The summed E-state index contributed by atoms with van der Waals surface area (Å²) in [6.45, 7) is 0. The van der Waals surface area contributed by atoms with Crippen LogP contribution in [0, 0.1) is 16.7 Å². The zero-order valence-corrected chi connectivity index (χ0v) is 9.69. The summed E-state index contributed by atoms with van der Waals surface area (Å²) in [5.41, 5.74) is 7.56. The van der Waals surface area contributed by atoms with Gasteiger partial charge in [-0.15, -0.1) is 0 Å². The van der Waals surface area contributed by atoms with Crippen LogP contribution >= 0.6 is 11.6 Å². The maximum absolute atomic E-state index is 10.7. The molecule has 1 rings (SSSR count). The lowest BCUT2D eigenvalue weighted by Crippen LogP contribution is -2.21. The first-order valence-electron chi connectivity index (χ1n) is 4.56. The highest BCUT2D eigenvalue weighted by molar-refractivity contribution is 6.46. The number of carboxylic acid groups (broad SMARTS) is 1. The molecule has 1 aromatic rings. The number of hydrogen-bond acceptors (Lipinski definition) is 5. The van der Waals surface area contributed by atoms with Crippen molar-refractivity contribution >= 4 is 34.8 Å². The van der Waals surface area contributed by atoms with Crippen LogP contribution in [0.15, 0.2) is 23.3 Å². The quantitative estimate of drug-likeness (QED) is 0.369. The number of hydrazone groups is 1. The van der Waals surface area contributed by atoms with E-state index in [0.29, 0.717) is 5.69 Å². The first-order chi connectivity index (χ1) is 8.45. The van der Waals surface area contributed by atoms with Crippen LogP contribution in [0.2, 0.25) is 5.02 Å². The summed E-state index contributed by atoms with van der Waals surface area (Å²) >= 11 is 5.82. The fourth-order valence-electron chi connectivity index (χ4n) is 1.00. The van der Waals surface area contributed by atoms with E-state index in [1.54, 1.807) is 6.07 Å². The Hall–Kier alpha value is -2.59. The lowest BCUT2D eigenvalue weighted by Gasteiger charge is -2.04. The normalized spacial score (nSPS) is 10.6. The number of nitrogens with two attached hydrogens (primary N) is 1. The molecule has 0 aliphatic rings. The summed E-state index contributed by atoms with van der Waals surface area (Å²) in [6.07, 6.45) is 0. The molecule has 18 heavy (non-hydrogen) atoms. The lowest BCUT2D eigenvalue weighted by atomic mass is 10.2. The summed E-state index contributed by atoms with van der Waals surface area (Å²) in [5, 5.41) is 28.1. The van der Waals surface area contributed by atoms with Gasteiger partial charge in [-0.2, -0.15) is 10.4 Å². The van der Waals surface area contributed by atoms with E-state index >= 15 is 0 Å². The smallest absolute Gasteiger partial charge is 0.335 e. The molecule has 5 N–H and O–H groups in total. The SMILES string of the molecule is N#C/C(=N\Nc1ccc(C(=O)O)cc1Cl)C(=N)N. The Kier molecular flexibility index (Phi) is 4.23. The molecule has 0 aliphatic heterocycles. The van der Waals surface area contributed by atoms with Gasteiger partial charge in [-0.3, -0.25) is 10.8 Å². The second-order valence-electron chi connectivity index (χ2n) is 3.10. The molecule has 0 amide bonds. The number of benzene rings is 1. The van der Waals surface area contributed by atoms with Crippen molar-refractivity contribution in [1.29, 1.82) is 10.7 Å². The van der Waals surface area contributed by atoms with Gasteiger partial charge in [0.05, 0.1) is 16.3 Å². The van der Waals surface area contributed by atoms with Crippen LogP contribution in [0.1, 0.15) is 10.4 Å². The van der Waals surface area contributed by atoms with Gasteiger partial charge in [0.2, 0.25) is 5.71 Å². The van der Waals surface area contributed by atoms with Crippen LogP contribution in [0.3, 0.4) is 0 Å². The van der Waals surface area contributed by atoms with Crippen molar-refractivity contribution in [2.24, 2.45) is 10.8 Å². The molecule has 0 radical (unpaired) electrons. The summed E-state index contributed by atoms with van der Waals surface area (Å²) in [7, 11) is 0. The Morgan fingerprint density at radius 2 is 2.28 bits per heavy atom. The van der Waals surface area contributed by atoms with E-state index in [1.165, 1.54) is 18.2 Å². The Morgan fingerprint density at radius 3 is 2.72 bits per heavy atom. The van der Waals surface area contributed by atoms with Crippen molar-refractivity contribution in [3.05, 3.63) is 28.8 Å². The van der Waals surface area contributed by atoms with Gasteiger partial charge >= 0.3 is 5.97 Å². The van der Waals surface area contributed by atoms with Crippen LogP contribution < -0.4 is 11.2 Å². The van der Waals surface area contributed by atoms with Crippen LogP contribution in [0.5, 0.6) is 0 Å². The van der Waals surface area contributed by atoms with E-state index in [-0.39, 0.29) is 16.3 Å². The second-order valence-corrected chi connectivity index (χ2v) is 3.50. The molecule has 0 heterocycles. The Balaban J connectivity index is 2.97. The minimum absolute atomic E-state index is 0.0293. The topological polar surface area (TPSA) is 135 Å². The number of nitriles is 1. The Labute approximate surface area is 107 Å². The molecule has 0 spiro atoms. The summed E-state index contributed by atoms with van der Waals surface area (Å²) in [4.78, 5) is 10.7. The number of carbonyl (C=O) groups is 1. The van der Waals surface area contributed by atoms with Gasteiger partial charge in [0.25, 0.3) is 0 Å². The van der Waals surface area contributed by atoms with Crippen LogP contribution in [0.25, 0.3) is 0 Å². The molecule has 8 heteroatoms. The molecule has 0 aliphatic carbocycles. The molecule has 0 fully saturated rings. The number of halogens is 1. The number of nitrogens with one attached hydrogen (secondary N) is 2. The molecule has 0 unspecified atom stereocenters. The molecule has 0 saturated heterocycles. The van der Waals surface area contributed by atoms with E-state index < -0.39 is 11.8 Å². The first-order valence-corrected chi connectivity index (χ1v) is 4.94. The van der Waals surface area contributed by atoms with E-state index in [0.717, 1.165) is 0 Å². The predicted molar refractivity (Wildman–Crippen MR) is 67.0 cm³/mol. The van der Waals surface area contributed by atoms with E-state index in [4.69, 9.17) is 33.1 Å². The van der Waals surface area contributed by atoms with Gasteiger partial charge in [-0.1, -0.05) is 11.6 Å². The summed E-state index contributed by atoms with van der Waals surface area (Å²) in [6, 6.07) is 5.58. The van der Waals surface area contributed by atoms with Crippen LogP contribution in [0.4, 0.5) is 5.69 Å². The van der Waals surface area contributed by atoms with E-state index in [9.17, 15) is 4.79 Å². The highest BCUT2D eigenvalue weighted by atomic mass is 35.5. The van der Waals surface area contributed by atoms with Gasteiger partial charge in [0.15, 0.2) is 5.84 Å². The van der Waals surface area contributed by atoms with Crippen LogP contribution in [-0.2, 0) is 0 Å². The maximum atomic E-state index is 10.7. The number of rotatable bonds is 4. The van der Waals surface area contributed by atoms with E-state index in [2.05, 4.69) is 10.5 Å². The maximum Gasteiger partial charge on any atom is 0.335 e. The van der Waals surface area contributed by atoms with Crippen molar-refractivity contribution in [2.75, 3.05) is 5.43 Å². The van der Waals surface area contributed by atoms with Gasteiger partial charge in [-0.05, 0) is 18.2 Å². The van der Waals surface area contributed by atoms with Crippen LogP contribution in [-0.4, -0.2) is 22.6 Å². The molecule has 0 saturated carbocycles. The van der Waals surface area contributed by atoms with Crippen molar-refractivity contribution in [3.8, 4) is 6.07 Å². The largest absolute Gasteiger partial charge is 0.478 e. The second kappa shape index (κ2) is 5.65. The molecular formula is C10H8ClN5O2. The Bertz CT molecular complexity index is 576. The fourth-order valence-corrected chi connectivity index (χ4v) is 1.22. The average molecular weight is 266 g/mol. The average Bonchev–Trinajstić information content (AvgIpc) is 2.30. The summed E-state index contributed by atoms with van der Waals surface area (Å²) < 4.78 is 0. The number of amidine groups is 1. The number of aromatic carboxylic acids is 1. The van der Waals surface area contributed by atoms with Crippen molar-refractivity contribution in [1.82, 2.24) is 0 Å². The molecule has 1 aromatic carbocycles. The number of carboxylic acids is 1. The third-order valence-electron chi connectivity index (χ3n) is 1.87. The molecule has 0 bridgehead atoms. The van der Waals surface area contributed by atoms with Gasteiger partial charge < -0.3 is 10.8 Å². The third kappa shape index (κ3) is 3.20. The zero-order valence-electron chi connectivity index (χ0n) is 8.94. The van der Waals surface area contributed by atoms with Crippen molar-refractivity contribution in [2.45, 2.75) is 0 Å². The molecule has 7 nitrogen and oxygen atoms in total. The summed E-state index contributed by atoms with van der Waals surface area (Å²) in [5.74, 6) is -1.59. The van der Waals surface area contributed by atoms with Gasteiger partial charge in [0, 0.05) is 0 Å². The minimum Gasteiger partial charge on any atom is -0.478 e. The number of nitrogens with zero attached hydrogens (tertiary/aromatic N) is 2. The molecule has 0 aromatic heterocycles. The molecular weight excluding hydrogens is 258 g/mol. The van der Waals surface area contributed by atoms with Gasteiger partial charge in [0.1, 0.15) is 6.07 Å². The number of anilines is 1. The monoisotopic (exact) mass is 265 g/mol. The minimum atomic E-state index is -1.10. The third-order valence-corrected chi connectivity index (χ3v) is 2.18. The number of hydrogen-bond donors (Lipinski definition) is 4. The van der Waals surface area contributed by atoms with Crippen molar-refractivity contribution < 1.29 is 9.90 Å². The first kappa shape index (κ1) is 13.5. The lowest BCUT2D eigenvalue weighted by molar-refractivity contribution is 0.0697. The highest BCUT2D eigenvalue weighted by Gasteiger charge is 2.07.